The van der Waals surface area contributed by atoms with Gasteiger partial charge in [-0.1, -0.05) is 17.7 Å². The van der Waals surface area contributed by atoms with Crippen molar-refractivity contribution in [3.63, 3.8) is 0 Å². The predicted octanol–water partition coefficient (Wildman–Crippen LogP) is 3.08. The molecule has 0 bridgehead atoms. The van der Waals surface area contributed by atoms with Gasteiger partial charge in [-0.25, -0.2) is 0 Å². The minimum atomic E-state index is -0.674. The quantitative estimate of drug-likeness (QED) is 0.839. The molecule has 0 aliphatic heterocycles. The zero-order valence-electron chi connectivity index (χ0n) is 11.1. The molecule has 18 heavy (non-hydrogen) atoms. The average Bonchev–Trinajstić information content (AvgIpc) is 3.06. The number of benzene rings is 1. The lowest BCUT2D eigenvalue weighted by molar-refractivity contribution is -0.138. The lowest BCUT2D eigenvalue weighted by Crippen LogP contribution is -2.31. The highest BCUT2D eigenvalue weighted by Crippen LogP contribution is 2.49. The fourth-order valence-electron chi connectivity index (χ4n) is 2.43. The fourth-order valence-corrected chi connectivity index (χ4v) is 2.43. The van der Waals surface area contributed by atoms with Crippen LogP contribution in [0.4, 0.5) is 5.69 Å². The summed E-state index contributed by atoms with van der Waals surface area (Å²) >= 11 is 0. The highest BCUT2D eigenvalue weighted by atomic mass is 16.4. The first-order valence-electron chi connectivity index (χ1n) is 6.58. The van der Waals surface area contributed by atoms with Crippen LogP contribution >= 0.6 is 0 Å². The number of hydrogen-bond acceptors (Lipinski definition) is 2. The van der Waals surface area contributed by atoms with Crippen molar-refractivity contribution in [1.29, 1.82) is 0 Å². The summed E-state index contributed by atoms with van der Waals surface area (Å²) in [5.41, 5.74) is 2.47. The summed E-state index contributed by atoms with van der Waals surface area (Å²) in [5.74, 6) is -0.674. The van der Waals surface area contributed by atoms with E-state index in [1.54, 1.807) is 0 Å². The number of carbonyl (C=O) groups is 1. The van der Waals surface area contributed by atoms with Crippen LogP contribution in [0.25, 0.3) is 0 Å². The second kappa shape index (κ2) is 5.01. The van der Waals surface area contributed by atoms with E-state index in [-0.39, 0.29) is 5.41 Å². The molecule has 1 N–H and O–H groups in total. The third kappa shape index (κ3) is 3.03. The smallest absolute Gasteiger partial charge is 0.303 e. The van der Waals surface area contributed by atoms with Gasteiger partial charge in [-0.05, 0) is 44.2 Å². The van der Waals surface area contributed by atoms with E-state index in [0.29, 0.717) is 6.42 Å². The Morgan fingerprint density at radius 3 is 2.39 bits per heavy atom. The van der Waals surface area contributed by atoms with Crippen molar-refractivity contribution in [1.82, 2.24) is 0 Å². The molecule has 0 radical (unpaired) electrons. The van der Waals surface area contributed by atoms with Gasteiger partial charge in [0.1, 0.15) is 0 Å². The Labute approximate surface area is 108 Å². The first-order chi connectivity index (χ1) is 8.54. The van der Waals surface area contributed by atoms with Crippen molar-refractivity contribution in [2.45, 2.75) is 33.1 Å². The average molecular weight is 247 g/mol. The predicted molar refractivity (Wildman–Crippen MR) is 73.0 cm³/mol. The molecular formula is C15H21NO2. The van der Waals surface area contributed by atoms with Crippen molar-refractivity contribution >= 4 is 11.7 Å². The van der Waals surface area contributed by atoms with Gasteiger partial charge in [0, 0.05) is 18.8 Å². The van der Waals surface area contributed by atoms with E-state index in [4.69, 9.17) is 5.11 Å². The maximum atomic E-state index is 10.9. The minimum absolute atomic E-state index is 0.0206. The number of rotatable bonds is 6. The van der Waals surface area contributed by atoms with E-state index in [1.165, 1.54) is 11.3 Å². The molecule has 1 aliphatic rings. The largest absolute Gasteiger partial charge is 0.481 e. The maximum Gasteiger partial charge on any atom is 0.303 e. The molecule has 1 aliphatic carbocycles. The number of anilines is 1. The number of hydrogen-bond donors (Lipinski definition) is 1. The van der Waals surface area contributed by atoms with E-state index >= 15 is 0 Å². The molecule has 1 aromatic carbocycles. The molecule has 0 aromatic heterocycles. The molecule has 0 atom stereocenters. The van der Waals surface area contributed by atoms with Crippen molar-refractivity contribution < 1.29 is 9.90 Å². The molecule has 1 aromatic rings. The van der Waals surface area contributed by atoms with Gasteiger partial charge >= 0.3 is 5.97 Å². The summed E-state index contributed by atoms with van der Waals surface area (Å²) in [6.45, 7) is 5.98. The van der Waals surface area contributed by atoms with Gasteiger partial charge in [0.15, 0.2) is 0 Å². The number of aliphatic carboxylic acids is 1. The van der Waals surface area contributed by atoms with Crippen LogP contribution in [-0.2, 0) is 4.79 Å². The summed E-state index contributed by atoms with van der Waals surface area (Å²) in [6, 6.07) is 8.45. The van der Waals surface area contributed by atoms with Crippen molar-refractivity contribution in [3.05, 3.63) is 29.8 Å². The third-order valence-corrected chi connectivity index (χ3v) is 3.79. The van der Waals surface area contributed by atoms with Crippen LogP contribution in [0.2, 0.25) is 0 Å². The molecule has 0 heterocycles. The molecule has 3 heteroatoms. The molecule has 0 saturated heterocycles. The van der Waals surface area contributed by atoms with E-state index in [0.717, 1.165) is 25.9 Å². The summed E-state index contributed by atoms with van der Waals surface area (Å²) in [4.78, 5) is 13.2. The van der Waals surface area contributed by atoms with Gasteiger partial charge in [-0.15, -0.1) is 0 Å². The van der Waals surface area contributed by atoms with E-state index < -0.39 is 5.97 Å². The Morgan fingerprint density at radius 2 is 1.94 bits per heavy atom. The molecule has 0 unspecified atom stereocenters. The molecule has 98 valence electrons. The Kier molecular flexibility index (Phi) is 3.60. The van der Waals surface area contributed by atoms with Gasteiger partial charge in [-0.3, -0.25) is 4.79 Å². The second-order valence-electron chi connectivity index (χ2n) is 5.42. The lowest BCUT2D eigenvalue weighted by Gasteiger charge is -2.27. The zero-order chi connectivity index (χ0) is 13.2. The first kappa shape index (κ1) is 12.9. The number of carboxylic acid groups (broad SMARTS) is 1. The third-order valence-electron chi connectivity index (χ3n) is 3.79. The minimum Gasteiger partial charge on any atom is -0.481 e. The molecule has 0 spiro atoms. The first-order valence-corrected chi connectivity index (χ1v) is 6.58. The van der Waals surface area contributed by atoms with Crippen molar-refractivity contribution in [2.75, 3.05) is 18.0 Å². The Balaban J connectivity index is 2.06. The van der Waals surface area contributed by atoms with Gasteiger partial charge in [-0.2, -0.15) is 0 Å². The van der Waals surface area contributed by atoms with Gasteiger partial charge in [0.25, 0.3) is 0 Å². The van der Waals surface area contributed by atoms with Crippen LogP contribution in [0.15, 0.2) is 24.3 Å². The van der Waals surface area contributed by atoms with Gasteiger partial charge < -0.3 is 10.0 Å². The standard InChI is InChI=1S/C15H21NO2/c1-3-16(13-6-4-12(2)5-7-13)11-15(8-9-15)10-14(17)18/h4-7H,3,8-11H2,1-2H3,(H,17,18). The van der Waals surface area contributed by atoms with Crippen LogP contribution in [0.1, 0.15) is 31.7 Å². The zero-order valence-corrected chi connectivity index (χ0v) is 11.1. The van der Waals surface area contributed by atoms with Crippen LogP contribution in [0, 0.1) is 12.3 Å². The maximum absolute atomic E-state index is 10.9. The number of nitrogens with zero attached hydrogens (tertiary/aromatic N) is 1. The molecule has 1 saturated carbocycles. The van der Waals surface area contributed by atoms with Crippen molar-refractivity contribution in [3.8, 4) is 0 Å². The van der Waals surface area contributed by atoms with E-state index in [2.05, 4.69) is 43.0 Å². The van der Waals surface area contributed by atoms with Crippen LogP contribution in [0.5, 0.6) is 0 Å². The monoisotopic (exact) mass is 247 g/mol. The molecule has 1 fully saturated rings. The fraction of sp³-hybridized carbons (Fsp3) is 0.533. The second-order valence-corrected chi connectivity index (χ2v) is 5.42. The Morgan fingerprint density at radius 1 is 1.33 bits per heavy atom. The SMILES string of the molecule is CCN(CC1(CC(=O)O)CC1)c1ccc(C)cc1. The number of aryl methyl sites for hydroxylation is 1. The molecule has 0 amide bonds. The normalized spacial score (nSPS) is 16.3. The van der Waals surface area contributed by atoms with Gasteiger partial charge in [0.05, 0.1) is 6.42 Å². The lowest BCUT2D eigenvalue weighted by atomic mass is 10.0. The Bertz CT molecular complexity index is 421. The molecule has 3 nitrogen and oxygen atoms in total. The molecule has 2 rings (SSSR count). The summed E-state index contributed by atoms with van der Waals surface area (Å²) < 4.78 is 0. The van der Waals surface area contributed by atoms with E-state index in [1.807, 2.05) is 0 Å². The van der Waals surface area contributed by atoms with Gasteiger partial charge in [0.2, 0.25) is 0 Å². The highest BCUT2D eigenvalue weighted by Gasteiger charge is 2.45. The van der Waals surface area contributed by atoms with E-state index in [9.17, 15) is 4.79 Å². The molecular weight excluding hydrogens is 226 g/mol. The summed E-state index contributed by atoms with van der Waals surface area (Å²) in [7, 11) is 0. The Hall–Kier alpha value is -1.51. The van der Waals surface area contributed by atoms with Crippen LogP contribution in [-0.4, -0.2) is 24.2 Å². The van der Waals surface area contributed by atoms with Crippen LogP contribution < -0.4 is 4.90 Å². The topological polar surface area (TPSA) is 40.5 Å². The van der Waals surface area contributed by atoms with Crippen LogP contribution in [0.3, 0.4) is 0 Å². The number of carboxylic acids is 1. The highest BCUT2D eigenvalue weighted by molar-refractivity contribution is 5.68. The summed E-state index contributed by atoms with van der Waals surface area (Å²) in [5, 5.41) is 8.96. The van der Waals surface area contributed by atoms with Crippen molar-refractivity contribution in [2.24, 2.45) is 5.41 Å². The summed E-state index contributed by atoms with van der Waals surface area (Å²) in [6.07, 6.45) is 2.39.